The van der Waals surface area contributed by atoms with Crippen molar-refractivity contribution in [1.29, 1.82) is 5.26 Å². The van der Waals surface area contributed by atoms with Gasteiger partial charge in [-0.05, 0) is 0 Å². The van der Waals surface area contributed by atoms with Crippen LogP contribution in [0.5, 0.6) is 0 Å². The van der Waals surface area contributed by atoms with E-state index in [1.807, 2.05) is 6.07 Å². The third kappa shape index (κ3) is 2.87. The zero-order valence-corrected chi connectivity index (χ0v) is 7.02. The summed E-state index contributed by atoms with van der Waals surface area (Å²) in [5.41, 5.74) is 0.381. The number of ether oxygens (including phenoxy) is 1. The molecular weight excluding hydrogens is 170 g/mol. The largest absolute Gasteiger partial charge is 0.458 e. The van der Waals surface area contributed by atoms with Crippen molar-refractivity contribution in [2.75, 3.05) is 0 Å². The molecule has 66 valence electrons. The number of carbonyl (C=O) groups is 1. The Kier molecular flexibility index (Phi) is 2.92. The van der Waals surface area contributed by atoms with Crippen LogP contribution < -0.4 is 0 Å². The highest BCUT2D eigenvalue weighted by Crippen LogP contribution is 1.95. The van der Waals surface area contributed by atoms with Crippen molar-refractivity contribution in [3.8, 4) is 6.07 Å². The average molecular weight is 177 g/mol. The van der Waals surface area contributed by atoms with Crippen LogP contribution in [0.2, 0.25) is 0 Å². The van der Waals surface area contributed by atoms with Crippen molar-refractivity contribution in [3.05, 3.63) is 23.8 Å². The standard InChI is InChI=1S/C8H7N3O2/c1-6(12)13-5-8-10-3-7(2-9)4-11-8/h3-4H,5H2,1H3. The fourth-order valence-electron chi connectivity index (χ4n) is 0.653. The van der Waals surface area contributed by atoms with Crippen molar-refractivity contribution in [3.63, 3.8) is 0 Å². The number of aromatic nitrogens is 2. The van der Waals surface area contributed by atoms with E-state index in [9.17, 15) is 4.79 Å². The summed E-state index contributed by atoms with van der Waals surface area (Å²) in [5.74, 6) is 0.00200. The topological polar surface area (TPSA) is 75.9 Å². The van der Waals surface area contributed by atoms with E-state index >= 15 is 0 Å². The second-order valence-corrected chi connectivity index (χ2v) is 2.28. The van der Waals surface area contributed by atoms with Crippen molar-refractivity contribution in [1.82, 2.24) is 9.97 Å². The summed E-state index contributed by atoms with van der Waals surface area (Å²) in [7, 11) is 0. The van der Waals surface area contributed by atoms with E-state index in [0.717, 1.165) is 0 Å². The maximum Gasteiger partial charge on any atom is 0.303 e. The van der Waals surface area contributed by atoms with E-state index in [-0.39, 0.29) is 12.6 Å². The first kappa shape index (κ1) is 9.13. The molecule has 0 aromatic carbocycles. The molecule has 0 saturated heterocycles. The summed E-state index contributed by atoms with van der Waals surface area (Å²) in [5, 5.41) is 8.43. The lowest BCUT2D eigenvalue weighted by molar-refractivity contribution is -0.142. The first-order valence-corrected chi connectivity index (χ1v) is 3.57. The summed E-state index contributed by atoms with van der Waals surface area (Å²) in [6, 6.07) is 1.89. The lowest BCUT2D eigenvalue weighted by Crippen LogP contribution is -2.02. The summed E-state index contributed by atoms with van der Waals surface area (Å²) in [6.45, 7) is 1.35. The molecule has 0 unspecified atom stereocenters. The first-order chi connectivity index (χ1) is 6.22. The van der Waals surface area contributed by atoms with Gasteiger partial charge >= 0.3 is 5.97 Å². The fourth-order valence-corrected chi connectivity index (χ4v) is 0.653. The third-order valence-electron chi connectivity index (χ3n) is 1.24. The van der Waals surface area contributed by atoms with Gasteiger partial charge in [-0.25, -0.2) is 9.97 Å². The molecule has 0 aliphatic rings. The number of hydrogen-bond donors (Lipinski definition) is 0. The van der Waals surface area contributed by atoms with E-state index in [1.54, 1.807) is 0 Å². The van der Waals surface area contributed by atoms with Gasteiger partial charge in [0.1, 0.15) is 6.07 Å². The van der Waals surface area contributed by atoms with Crippen LogP contribution in [0.3, 0.4) is 0 Å². The Hall–Kier alpha value is -1.96. The molecule has 0 fully saturated rings. The molecule has 0 spiro atoms. The van der Waals surface area contributed by atoms with Crippen LogP contribution in [0.25, 0.3) is 0 Å². The van der Waals surface area contributed by atoms with Gasteiger partial charge in [0.25, 0.3) is 0 Å². The first-order valence-electron chi connectivity index (χ1n) is 3.57. The summed E-state index contributed by atoms with van der Waals surface area (Å²) >= 11 is 0. The van der Waals surface area contributed by atoms with Crippen LogP contribution in [-0.4, -0.2) is 15.9 Å². The Labute approximate surface area is 75.0 Å². The van der Waals surface area contributed by atoms with Crippen LogP contribution in [0, 0.1) is 11.3 Å². The summed E-state index contributed by atoms with van der Waals surface area (Å²) < 4.78 is 4.65. The van der Waals surface area contributed by atoms with E-state index in [4.69, 9.17) is 5.26 Å². The molecule has 0 bridgehead atoms. The van der Waals surface area contributed by atoms with Crippen molar-refractivity contribution >= 4 is 5.97 Å². The van der Waals surface area contributed by atoms with E-state index in [1.165, 1.54) is 19.3 Å². The fraction of sp³-hybridized carbons (Fsp3) is 0.250. The Balaban J connectivity index is 2.60. The molecule has 5 heteroatoms. The van der Waals surface area contributed by atoms with Gasteiger partial charge in [0.15, 0.2) is 12.4 Å². The smallest absolute Gasteiger partial charge is 0.303 e. The monoisotopic (exact) mass is 177 g/mol. The molecule has 1 rings (SSSR count). The molecule has 0 amide bonds. The SMILES string of the molecule is CC(=O)OCc1ncc(C#N)cn1. The summed E-state index contributed by atoms with van der Waals surface area (Å²) in [6.07, 6.45) is 2.76. The zero-order chi connectivity index (χ0) is 9.68. The predicted octanol–water partition coefficient (Wildman–Crippen LogP) is 0.411. The van der Waals surface area contributed by atoms with Crippen LogP contribution in [0.4, 0.5) is 0 Å². The number of rotatable bonds is 2. The molecule has 0 atom stereocenters. The molecular formula is C8H7N3O2. The minimum Gasteiger partial charge on any atom is -0.458 e. The number of carbonyl (C=O) groups excluding carboxylic acids is 1. The van der Waals surface area contributed by atoms with Gasteiger partial charge in [-0.1, -0.05) is 0 Å². The van der Waals surface area contributed by atoms with Crippen LogP contribution in [0.1, 0.15) is 18.3 Å². The van der Waals surface area contributed by atoms with Gasteiger partial charge in [-0.15, -0.1) is 0 Å². The van der Waals surface area contributed by atoms with E-state index in [0.29, 0.717) is 11.4 Å². The van der Waals surface area contributed by atoms with Crippen LogP contribution >= 0.6 is 0 Å². The average Bonchev–Trinajstić information content (AvgIpc) is 2.15. The quantitative estimate of drug-likeness (QED) is 0.611. The molecule has 13 heavy (non-hydrogen) atoms. The lowest BCUT2D eigenvalue weighted by atomic mass is 10.4. The molecule has 0 N–H and O–H groups in total. The maximum absolute atomic E-state index is 10.4. The van der Waals surface area contributed by atoms with Crippen molar-refractivity contribution in [2.45, 2.75) is 13.5 Å². The molecule has 0 aliphatic carbocycles. The van der Waals surface area contributed by atoms with E-state index in [2.05, 4.69) is 14.7 Å². The Morgan fingerprint density at radius 1 is 1.62 bits per heavy atom. The van der Waals surface area contributed by atoms with Gasteiger partial charge in [-0.3, -0.25) is 4.79 Å². The minimum atomic E-state index is -0.382. The van der Waals surface area contributed by atoms with Gasteiger partial charge in [-0.2, -0.15) is 5.26 Å². The molecule has 1 aromatic rings. The molecule has 0 radical (unpaired) electrons. The molecule has 1 aromatic heterocycles. The Bertz CT molecular complexity index is 339. The van der Waals surface area contributed by atoms with Gasteiger partial charge in [0.05, 0.1) is 5.56 Å². The zero-order valence-electron chi connectivity index (χ0n) is 7.02. The second kappa shape index (κ2) is 4.16. The van der Waals surface area contributed by atoms with Crippen molar-refractivity contribution in [2.24, 2.45) is 0 Å². The normalized spacial score (nSPS) is 8.92. The Morgan fingerprint density at radius 2 is 2.23 bits per heavy atom. The van der Waals surface area contributed by atoms with E-state index < -0.39 is 0 Å². The predicted molar refractivity (Wildman–Crippen MR) is 42.2 cm³/mol. The Morgan fingerprint density at radius 3 is 2.69 bits per heavy atom. The lowest BCUT2D eigenvalue weighted by Gasteiger charge is -1.98. The number of nitrogens with zero attached hydrogens (tertiary/aromatic N) is 3. The molecule has 1 heterocycles. The molecule has 0 aliphatic heterocycles. The molecule has 5 nitrogen and oxygen atoms in total. The maximum atomic E-state index is 10.4. The number of esters is 1. The van der Waals surface area contributed by atoms with Crippen LogP contribution in [0.15, 0.2) is 12.4 Å². The van der Waals surface area contributed by atoms with Gasteiger partial charge < -0.3 is 4.74 Å². The van der Waals surface area contributed by atoms with Crippen molar-refractivity contribution < 1.29 is 9.53 Å². The van der Waals surface area contributed by atoms with Gasteiger partial charge in [0, 0.05) is 19.3 Å². The number of hydrogen-bond acceptors (Lipinski definition) is 5. The molecule has 0 saturated carbocycles. The highest BCUT2D eigenvalue weighted by Gasteiger charge is 1.99. The van der Waals surface area contributed by atoms with Gasteiger partial charge in [0.2, 0.25) is 0 Å². The third-order valence-corrected chi connectivity index (χ3v) is 1.24. The highest BCUT2D eigenvalue weighted by molar-refractivity contribution is 5.65. The number of nitriles is 1. The summed E-state index contributed by atoms with van der Waals surface area (Å²) in [4.78, 5) is 18.0. The second-order valence-electron chi connectivity index (χ2n) is 2.28. The van der Waals surface area contributed by atoms with Crippen LogP contribution in [-0.2, 0) is 16.1 Å². The highest BCUT2D eigenvalue weighted by atomic mass is 16.5. The minimum absolute atomic E-state index is 0.0427.